The zero-order chi connectivity index (χ0) is 15.2. The molecule has 0 spiro atoms. The van der Waals surface area contributed by atoms with Gasteiger partial charge in [-0.05, 0) is 18.2 Å². The lowest BCUT2D eigenvalue weighted by Gasteiger charge is -2.11. The molecule has 2 rings (SSSR count). The van der Waals surface area contributed by atoms with Gasteiger partial charge < -0.3 is 20.5 Å². The minimum Gasteiger partial charge on any atom is -0.497 e. The first-order valence-corrected chi connectivity index (χ1v) is 6.47. The fraction of sp³-hybridized carbons (Fsp3) is 0.188. The third-order valence-electron chi connectivity index (χ3n) is 2.99. The average Bonchev–Trinajstić information content (AvgIpc) is 2.48. The number of anilines is 2. The highest BCUT2D eigenvalue weighted by Gasteiger charge is 2.11. The molecule has 0 saturated carbocycles. The summed E-state index contributed by atoms with van der Waals surface area (Å²) in [7, 11) is 3.14. The van der Waals surface area contributed by atoms with Crippen LogP contribution < -0.4 is 15.8 Å². The first-order chi connectivity index (χ1) is 10.1. The quantitative estimate of drug-likeness (QED) is 0.829. The van der Waals surface area contributed by atoms with Crippen LogP contribution in [0.15, 0.2) is 42.5 Å². The van der Waals surface area contributed by atoms with Crippen molar-refractivity contribution < 1.29 is 14.3 Å². The van der Waals surface area contributed by atoms with Crippen LogP contribution in [0.4, 0.5) is 11.4 Å². The van der Waals surface area contributed by atoms with Gasteiger partial charge in [-0.25, -0.2) is 0 Å². The lowest BCUT2D eigenvalue weighted by molar-refractivity contribution is 0.102. The third kappa shape index (κ3) is 3.73. The maximum absolute atomic E-state index is 12.3. The molecule has 0 unspecified atom stereocenters. The molecule has 0 saturated heterocycles. The Morgan fingerprint density at radius 1 is 1.19 bits per heavy atom. The van der Waals surface area contributed by atoms with E-state index in [4.69, 9.17) is 15.2 Å². The lowest BCUT2D eigenvalue weighted by Crippen LogP contribution is -2.14. The van der Waals surface area contributed by atoms with Crippen molar-refractivity contribution in [2.45, 2.75) is 6.61 Å². The predicted molar refractivity (Wildman–Crippen MR) is 82.5 cm³/mol. The number of methoxy groups -OCH3 is 2. The molecule has 0 aliphatic heterocycles. The largest absolute Gasteiger partial charge is 0.497 e. The van der Waals surface area contributed by atoms with E-state index in [2.05, 4.69) is 5.32 Å². The van der Waals surface area contributed by atoms with E-state index in [9.17, 15) is 4.79 Å². The second-order valence-corrected chi connectivity index (χ2v) is 4.54. The average molecular weight is 286 g/mol. The van der Waals surface area contributed by atoms with E-state index in [1.54, 1.807) is 25.3 Å². The minimum atomic E-state index is -0.246. The van der Waals surface area contributed by atoms with Gasteiger partial charge in [0, 0.05) is 35.7 Å². The Bertz CT molecular complexity index is 641. The maximum Gasteiger partial charge on any atom is 0.255 e. The van der Waals surface area contributed by atoms with E-state index in [0.717, 1.165) is 5.56 Å². The zero-order valence-electron chi connectivity index (χ0n) is 12.1. The van der Waals surface area contributed by atoms with Gasteiger partial charge in [0.2, 0.25) is 0 Å². The first kappa shape index (κ1) is 14.9. The van der Waals surface area contributed by atoms with Crippen LogP contribution >= 0.6 is 0 Å². The van der Waals surface area contributed by atoms with Crippen LogP contribution in [0.25, 0.3) is 0 Å². The van der Waals surface area contributed by atoms with Gasteiger partial charge in [0.25, 0.3) is 5.91 Å². The fourth-order valence-electron chi connectivity index (χ4n) is 1.99. The summed E-state index contributed by atoms with van der Waals surface area (Å²) >= 11 is 0. The number of nitrogens with two attached hydrogens (primary N) is 1. The van der Waals surface area contributed by atoms with Gasteiger partial charge in [0.15, 0.2) is 0 Å². The number of hydrogen-bond donors (Lipinski definition) is 2. The van der Waals surface area contributed by atoms with E-state index in [0.29, 0.717) is 29.3 Å². The molecule has 2 aromatic rings. The number of benzene rings is 2. The van der Waals surface area contributed by atoms with Crippen molar-refractivity contribution in [2.24, 2.45) is 0 Å². The molecule has 0 fully saturated rings. The summed E-state index contributed by atoms with van der Waals surface area (Å²) in [5.74, 6) is 0.300. The van der Waals surface area contributed by atoms with Crippen LogP contribution in [0.1, 0.15) is 15.9 Å². The Labute approximate surface area is 123 Å². The maximum atomic E-state index is 12.3. The van der Waals surface area contributed by atoms with Crippen molar-refractivity contribution in [2.75, 3.05) is 25.3 Å². The van der Waals surface area contributed by atoms with Gasteiger partial charge in [-0.1, -0.05) is 18.2 Å². The summed E-state index contributed by atoms with van der Waals surface area (Å²) in [6, 6.07) is 12.4. The monoisotopic (exact) mass is 286 g/mol. The van der Waals surface area contributed by atoms with Gasteiger partial charge in [-0.3, -0.25) is 4.79 Å². The zero-order valence-corrected chi connectivity index (χ0v) is 12.1. The van der Waals surface area contributed by atoms with E-state index in [1.165, 1.54) is 7.11 Å². The van der Waals surface area contributed by atoms with E-state index >= 15 is 0 Å². The normalized spacial score (nSPS) is 10.2. The van der Waals surface area contributed by atoms with Crippen molar-refractivity contribution in [1.82, 2.24) is 0 Å². The molecular formula is C16H18N2O3. The predicted octanol–water partition coefficient (Wildman–Crippen LogP) is 2.68. The van der Waals surface area contributed by atoms with Gasteiger partial charge >= 0.3 is 0 Å². The van der Waals surface area contributed by atoms with Gasteiger partial charge in [0.05, 0.1) is 13.7 Å². The van der Waals surface area contributed by atoms with E-state index in [1.807, 2.05) is 24.3 Å². The Morgan fingerprint density at radius 3 is 2.67 bits per heavy atom. The molecule has 5 nitrogen and oxygen atoms in total. The molecule has 0 heterocycles. The molecule has 2 aromatic carbocycles. The first-order valence-electron chi connectivity index (χ1n) is 6.47. The molecule has 0 bridgehead atoms. The summed E-state index contributed by atoms with van der Waals surface area (Å²) in [6.45, 7) is 0.427. The Hall–Kier alpha value is -2.53. The van der Waals surface area contributed by atoms with Crippen LogP contribution in [0.2, 0.25) is 0 Å². The lowest BCUT2D eigenvalue weighted by atomic mass is 10.1. The minimum absolute atomic E-state index is 0.246. The van der Waals surface area contributed by atoms with Crippen LogP contribution in [-0.2, 0) is 11.3 Å². The third-order valence-corrected chi connectivity index (χ3v) is 2.99. The second kappa shape index (κ2) is 6.76. The topological polar surface area (TPSA) is 73.6 Å². The summed E-state index contributed by atoms with van der Waals surface area (Å²) in [5, 5.41) is 2.86. The standard InChI is InChI=1S/C16H18N2O3/c1-20-10-11-5-3-4-6-15(11)18-16(19)12-7-13(17)9-14(8-12)21-2/h3-9H,10,17H2,1-2H3,(H,18,19). The molecule has 110 valence electrons. The van der Waals surface area contributed by atoms with Crippen molar-refractivity contribution in [1.29, 1.82) is 0 Å². The number of nitrogens with one attached hydrogen (secondary N) is 1. The van der Waals surface area contributed by atoms with Crippen molar-refractivity contribution in [3.05, 3.63) is 53.6 Å². The smallest absolute Gasteiger partial charge is 0.255 e. The van der Waals surface area contributed by atoms with Crippen molar-refractivity contribution in [3.63, 3.8) is 0 Å². The number of nitrogen functional groups attached to an aromatic ring is 1. The van der Waals surface area contributed by atoms with Crippen molar-refractivity contribution in [3.8, 4) is 5.75 Å². The number of rotatable bonds is 5. The number of hydrogen-bond acceptors (Lipinski definition) is 4. The summed E-state index contributed by atoms with van der Waals surface area (Å²) in [4.78, 5) is 12.3. The second-order valence-electron chi connectivity index (χ2n) is 4.54. The molecule has 0 aromatic heterocycles. The summed E-state index contributed by atoms with van der Waals surface area (Å²) in [5.41, 5.74) is 8.30. The SMILES string of the molecule is COCc1ccccc1NC(=O)c1cc(N)cc(OC)c1. The number of carbonyl (C=O) groups excluding carboxylic acids is 1. The highest BCUT2D eigenvalue weighted by Crippen LogP contribution is 2.21. The Balaban J connectivity index is 2.24. The van der Waals surface area contributed by atoms with Gasteiger partial charge in [-0.2, -0.15) is 0 Å². The van der Waals surface area contributed by atoms with E-state index in [-0.39, 0.29) is 5.91 Å². The molecule has 21 heavy (non-hydrogen) atoms. The summed E-state index contributed by atoms with van der Waals surface area (Å²) in [6.07, 6.45) is 0. The molecule has 0 atom stereocenters. The molecule has 3 N–H and O–H groups in total. The van der Waals surface area contributed by atoms with Crippen LogP contribution in [0.3, 0.4) is 0 Å². The molecule has 0 aliphatic rings. The highest BCUT2D eigenvalue weighted by atomic mass is 16.5. The number of carbonyl (C=O) groups is 1. The Kier molecular flexibility index (Phi) is 4.79. The fourth-order valence-corrected chi connectivity index (χ4v) is 1.99. The van der Waals surface area contributed by atoms with Crippen molar-refractivity contribution >= 4 is 17.3 Å². The highest BCUT2D eigenvalue weighted by molar-refractivity contribution is 6.05. The molecule has 5 heteroatoms. The van der Waals surface area contributed by atoms with Crippen LogP contribution in [-0.4, -0.2) is 20.1 Å². The van der Waals surface area contributed by atoms with Crippen LogP contribution in [0.5, 0.6) is 5.75 Å². The molecule has 0 radical (unpaired) electrons. The molecular weight excluding hydrogens is 268 g/mol. The van der Waals surface area contributed by atoms with Gasteiger partial charge in [-0.15, -0.1) is 0 Å². The number of amides is 1. The van der Waals surface area contributed by atoms with Crippen LogP contribution in [0, 0.1) is 0 Å². The van der Waals surface area contributed by atoms with Gasteiger partial charge in [0.1, 0.15) is 5.75 Å². The number of para-hydroxylation sites is 1. The molecule has 1 amide bonds. The Morgan fingerprint density at radius 2 is 1.95 bits per heavy atom. The van der Waals surface area contributed by atoms with E-state index < -0.39 is 0 Å². The molecule has 0 aliphatic carbocycles. The summed E-state index contributed by atoms with van der Waals surface area (Å²) < 4.78 is 10.2. The number of ether oxygens (including phenoxy) is 2.